The van der Waals surface area contributed by atoms with E-state index in [4.69, 9.17) is 5.73 Å². The first kappa shape index (κ1) is 12.0. The van der Waals surface area contributed by atoms with Gasteiger partial charge >= 0.3 is 0 Å². The Hall–Kier alpha value is -0.0800. The van der Waals surface area contributed by atoms with Crippen LogP contribution >= 0.6 is 0 Å². The zero-order chi connectivity index (χ0) is 10.8. The standard InChI is InChI=1S/C12H26N2/c1-10(2)8-11(3)14(4)12(9-13)6-5-7-12/h10-11H,5-9,13H2,1-4H3. The van der Waals surface area contributed by atoms with Gasteiger partial charge < -0.3 is 5.73 Å². The van der Waals surface area contributed by atoms with Crippen LogP contribution in [-0.2, 0) is 0 Å². The fraction of sp³-hybridized carbons (Fsp3) is 1.00. The lowest BCUT2D eigenvalue weighted by Gasteiger charge is -2.51. The first-order chi connectivity index (χ1) is 6.52. The summed E-state index contributed by atoms with van der Waals surface area (Å²) in [7, 11) is 2.25. The van der Waals surface area contributed by atoms with Gasteiger partial charge in [-0.3, -0.25) is 4.90 Å². The lowest BCUT2D eigenvalue weighted by atomic mass is 9.74. The molecule has 0 heterocycles. The van der Waals surface area contributed by atoms with Crippen LogP contribution in [0, 0.1) is 5.92 Å². The Morgan fingerprint density at radius 3 is 2.14 bits per heavy atom. The van der Waals surface area contributed by atoms with E-state index in [2.05, 4.69) is 32.7 Å². The van der Waals surface area contributed by atoms with E-state index < -0.39 is 0 Å². The minimum atomic E-state index is 0.342. The quantitative estimate of drug-likeness (QED) is 0.734. The van der Waals surface area contributed by atoms with Crippen LogP contribution in [0.2, 0.25) is 0 Å². The van der Waals surface area contributed by atoms with Crippen molar-refractivity contribution < 1.29 is 0 Å². The van der Waals surface area contributed by atoms with Gasteiger partial charge in [0, 0.05) is 18.1 Å². The van der Waals surface area contributed by atoms with Crippen LogP contribution in [0.25, 0.3) is 0 Å². The molecule has 0 amide bonds. The molecule has 0 spiro atoms. The van der Waals surface area contributed by atoms with Gasteiger partial charge in [-0.2, -0.15) is 0 Å². The van der Waals surface area contributed by atoms with Crippen molar-refractivity contribution in [3.63, 3.8) is 0 Å². The lowest BCUT2D eigenvalue weighted by Crippen LogP contribution is -2.59. The maximum absolute atomic E-state index is 5.90. The second-order valence-corrected chi connectivity index (χ2v) is 5.37. The smallest absolute Gasteiger partial charge is 0.0331 e. The van der Waals surface area contributed by atoms with E-state index in [-0.39, 0.29) is 0 Å². The zero-order valence-corrected chi connectivity index (χ0v) is 10.2. The third kappa shape index (κ3) is 2.29. The fourth-order valence-corrected chi connectivity index (χ4v) is 2.59. The summed E-state index contributed by atoms with van der Waals surface area (Å²) < 4.78 is 0. The zero-order valence-electron chi connectivity index (χ0n) is 10.2. The largest absolute Gasteiger partial charge is 0.329 e. The Balaban J connectivity index is 2.49. The lowest BCUT2D eigenvalue weighted by molar-refractivity contribution is 0.0110. The molecular weight excluding hydrogens is 172 g/mol. The number of hydrogen-bond donors (Lipinski definition) is 1. The molecule has 1 atom stereocenters. The molecule has 0 aromatic rings. The molecule has 0 aliphatic heterocycles. The highest BCUT2D eigenvalue weighted by Crippen LogP contribution is 2.37. The molecule has 1 fully saturated rings. The van der Waals surface area contributed by atoms with Gasteiger partial charge in [0.25, 0.3) is 0 Å². The van der Waals surface area contributed by atoms with Crippen molar-refractivity contribution in [1.29, 1.82) is 0 Å². The summed E-state index contributed by atoms with van der Waals surface area (Å²) in [4.78, 5) is 2.52. The summed E-state index contributed by atoms with van der Waals surface area (Å²) in [5, 5.41) is 0. The second-order valence-electron chi connectivity index (χ2n) is 5.37. The molecule has 2 N–H and O–H groups in total. The van der Waals surface area contributed by atoms with Crippen molar-refractivity contribution in [2.24, 2.45) is 11.7 Å². The van der Waals surface area contributed by atoms with Crippen molar-refractivity contribution in [2.45, 2.75) is 58.0 Å². The third-order valence-electron chi connectivity index (χ3n) is 3.89. The first-order valence-electron chi connectivity index (χ1n) is 5.95. The molecule has 1 rings (SSSR count). The monoisotopic (exact) mass is 198 g/mol. The van der Waals surface area contributed by atoms with E-state index in [1.807, 2.05) is 0 Å². The highest BCUT2D eigenvalue weighted by Gasteiger charge is 2.40. The summed E-state index contributed by atoms with van der Waals surface area (Å²) in [6.07, 6.45) is 5.22. The van der Waals surface area contributed by atoms with Crippen LogP contribution in [0.15, 0.2) is 0 Å². The van der Waals surface area contributed by atoms with Crippen molar-refractivity contribution in [2.75, 3.05) is 13.6 Å². The van der Waals surface area contributed by atoms with Crippen molar-refractivity contribution in [3.05, 3.63) is 0 Å². The van der Waals surface area contributed by atoms with E-state index in [0.29, 0.717) is 11.6 Å². The number of rotatable bonds is 5. The van der Waals surface area contributed by atoms with Gasteiger partial charge in [-0.15, -0.1) is 0 Å². The van der Waals surface area contributed by atoms with Crippen LogP contribution in [0.5, 0.6) is 0 Å². The van der Waals surface area contributed by atoms with Crippen LogP contribution in [-0.4, -0.2) is 30.1 Å². The predicted molar refractivity (Wildman–Crippen MR) is 62.3 cm³/mol. The van der Waals surface area contributed by atoms with Crippen LogP contribution in [0.1, 0.15) is 46.5 Å². The first-order valence-corrected chi connectivity index (χ1v) is 5.95. The SMILES string of the molecule is CC(C)CC(C)N(C)C1(CN)CCC1. The van der Waals surface area contributed by atoms with Crippen LogP contribution in [0.4, 0.5) is 0 Å². The van der Waals surface area contributed by atoms with Crippen LogP contribution < -0.4 is 5.73 Å². The molecule has 1 saturated carbocycles. The number of nitrogens with zero attached hydrogens (tertiary/aromatic N) is 1. The van der Waals surface area contributed by atoms with Gasteiger partial charge in [0.1, 0.15) is 0 Å². The van der Waals surface area contributed by atoms with Gasteiger partial charge in [0.05, 0.1) is 0 Å². The molecule has 2 nitrogen and oxygen atoms in total. The summed E-state index contributed by atoms with van der Waals surface area (Å²) >= 11 is 0. The average Bonchev–Trinajstić information content (AvgIpc) is 2.01. The average molecular weight is 198 g/mol. The molecule has 1 unspecified atom stereocenters. The summed E-state index contributed by atoms with van der Waals surface area (Å²) in [6, 6.07) is 0.666. The normalized spacial score (nSPS) is 22.5. The van der Waals surface area contributed by atoms with E-state index >= 15 is 0 Å². The van der Waals surface area contributed by atoms with Crippen molar-refractivity contribution in [3.8, 4) is 0 Å². The minimum Gasteiger partial charge on any atom is -0.329 e. The molecule has 0 bridgehead atoms. The summed E-state index contributed by atoms with van der Waals surface area (Å²) in [6.45, 7) is 7.74. The number of hydrogen-bond acceptors (Lipinski definition) is 2. The Morgan fingerprint density at radius 1 is 1.29 bits per heavy atom. The highest BCUT2D eigenvalue weighted by molar-refractivity contribution is 4.99. The molecule has 0 radical (unpaired) electrons. The molecule has 2 heteroatoms. The Labute approximate surface area is 88.8 Å². The molecule has 1 aliphatic carbocycles. The maximum Gasteiger partial charge on any atom is 0.0331 e. The Kier molecular flexibility index (Phi) is 3.96. The number of likely N-dealkylation sites (N-methyl/N-ethyl adjacent to an activating group) is 1. The molecule has 1 aliphatic rings. The predicted octanol–water partition coefficient (Wildman–Crippen LogP) is 2.23. The van der Waals surface area contributed by atoms with E-state index in [1.54, 1.807) is 0 Å². The van der Waals surface area contributed by atoms with Gasteiger partial charge in [0.15, 0.2) is 0 Å². The maximum atomic E-state index is 5.90. The molecule has 14 heavy (non-hydrogen) atoms. The van der Waals surface area contributed by atoms with E-state index in [9.17, 15) is 0 Å². The van der Waals surface area contributed by atoms with Gasteiger partial charge in [-0.05, 0) is 45.6 Å². The number of nitrogens with two attached hydrogens (primary N) is 1. The molecule has 0 aromatic carbocycles. The van der Waals surface area contributed by atoms with Gasteiger partial charge in [-0.1, -0.05) is 13.8 Å². The van der Waals surface area contributed by atoms with E-state index in [0.717, 1.165) is 12.5 Å². The van der Waals surface area contributed by atoms with Crippen molar-refractivity contribution >= 4 is 0 Å². The molecule has 0 saturated heterocycles. The highest BCUT2D eigenvalue weighted by atomic mass is 15.2. The summed E-state index contributed by atoms with van der Waals surface area (Å²) in [5.41, 5.74) is 6.24. The Bertz CT molecular complexity index is 168. The second kappa shape index (κ2) is 4.63. The van der Waals surface area contributed by atoms with Crippen molar-refractivity contribution in [1.82, 2.24) is 4.90 Å². The molecule has 84 valence electrons. The fourth-order valence-electron chi connectivity index (χ4n) is 2.59. The minimum absolute atomic E-state index is 0.342. The van der Waals surface area contributed by atoms with E-state index in [1.165, 1.54) is 25.7 Å². The topological polar surface area (TPSA) is 29.3 Å². The Morgan fingerprint density at radius 2 is 1.86 bits per heavy atom. The third-order valence-corrected chi connectivity index (χ3v) is 3.89. The molecule has 0 aromatic heterocycles. The van der Waals surface area contributed by atoms with Gasteiger partial charge in [-0.25, -0.2) is 0 Å². The van der Waals surface area contributed by atoms with Gasteiger partial charge in [0.2, 0.25) is 0 Å². The summed E-state index contributed by atoms with van der Waals surface area (Å²) in [5.74, 6) is 0.780. The van der Waals surface area contributed by atoms with Crippen LogP contribution in [0.3, 0.4) is 0 Å². The molecular formula is C12H26N2.